The molecule has 1 heterocycles. The van der Waals surface area contributed by atoms with Crippen LogP contribution in [0.25, 0.3) is 0 Å². The van der Waals surface area contributed by atoms with Crippen molar-refractivity contribution in [3.63, 3.8) is 0 Å². The summed E-state index contributed by atoms with van der Waals surface area (Å²) in [6, 6.07) is 4.72. The summed E-state index contributed by atoms with van der Waals surface area (Å²) in [7, 11) is 1.24. The Balaban J connectivity index is 2.38. The summed E-state index contributed by atoms with van der Waals surface area (Å²) in [5.41, 5.74) is 2.36. The Labute approximate surface area is 146 Å². The molecule has 0 fully saturated rings. The van der Waals surface area contributed by atoms with Crippen molar-refractivity contribution in [3.8, 4) is 6.07 Å². The number of nitrogens with zero attached hydrogens (tertiary/aromatic N) is 3. The molecule has 1 aliphatic rings. The maximum atomic E-state index is 12.8. The number of nitrogens with one attached hydrogen (secondary N) is 1. The second kappa shape index (κ2) is 7.23. The van der Waals surface area contributed by atoms with Gasteiger partial charge < -0.3 is 4.74 Å². The minimum Gasteiger partial charge on any atom is -0.469 e. The highest BCUT2D eigenvalue weighted by atomic mass is 35.5. The fourth-order valence-corrected chi connectivity index (χ4v) is 2.48. The van der Waals surface area contributed by atoms with Crippen molar-refractivity contribution >= 4 is 29.5 Å². The Bertz CT molecular complexity index is 786. The van der Waals surface area contributed by atoms with Crippen molar-refractivity contribution < 1.29 is 22.7 Å². The van der Waals surface area contributed by atoms with Crippen molar-refractivity contribution in [3.05, 3.63) is 40.6 Å². The molecule has 0 saturated carbocycles. The lowest BCUT2D eigenvalue weighted by Gasteiger charge is -2.26. The van der Waals surface area contributed by atoms with Crippen molar-refractivity contribution in [1.29, 1.82) is 5.26 Å². The minimum atomic E-state index is -4.53. The molecule has 0 aliphatic carbocycles. The highest BCUT2D eigenvalue weighted by Crippen LogP contribution is 2.38. The van der Waals surface area contributed by atoms with Crippen molar-refractivity contribution in [2.24, 2.45) is 5.10 Å². The van der Waals surface area contributed by atoms with E-state index in [1.54, 1.807) is 0 Å². The average Bonchev–Trinajstić information content (AvgIpc) is 2.98. The molecule has 0 radical (unpaired) electrons. The maximum absolute atomic E-state index is 12.8. The molecule has 1 aliphatic heterocycles. The molecule has 1 aromatic carbocycles. The highest BCUT2D eigenvalue weighted by molar-refractivity contribution is 6.33. The first-order valence-corrected chi connectivity index (χ1v) is 7.36. The van der Waals surface area contributed by atoms with E-state index in [-0.39, 0.29) is 29.2 Å². The van der Waals surface area contributed by atoms with Gasteiger partial charge in [0.05, 0.1) is 25.6 Å². The van der Waals surface area contributed by atoms with Crippen LogP contribution in [0.5, 0.6) is 0 Å². The summed E-state index contributed by atoms with van der Waals surface area (Å²) in [6.45, 7) is 0.0938. The quantitative estimate of drug-likeness (QED) is 0.635. The normalized spacial score (nSPS) is 19.4. The van der Waals surface area contributed by atoms with Crippen LogP contribution in [-0.2, 0) is 15.7 Å². The van der Waals surface area contributed by atoms with Gasteiger partial charge in [0.2, 0.25) is 5.69 Å². The van der Waals surface area contributed by atoms with E-state index in [4.69, 9.17) is 16.9 Å². The molecule has 6 nitrogen and oxygen atoms in total. The lowest BCUT2D eigenvalue weighted by Crippen LogP contribution is -2.50. The van der Waals surface area contributed by atoms with Gasteiger partial charge in [-0.2, -0.15) is 18.4 Å². The SMILES string of the molecule is COC(=O)CCN[N+]1(c2ccc(C(F)(F)F)cc2Cl)C=C(C#N)C=N1. The fourth-order valence-electron chi connectivity index (χ4n) is 2.17. The average molecular weight is 374 g/mol. The zero-order valence-electron chi connectivity index (χ0n) is 13.0. The first kappa shape index (κ1) is 18.9. The largest absolute Gasteiger partial charge is 0.469 e. The van der Waals surface area contributed by atoms with Gasteiger partial charge in [0.25, 0.3) is 0 Å². The van der Waals surface area contributed by atoms with Crippen LogP contribution >= 0.6 is 11.6 Å². The molecule has 0 saturated heterocycles. The third-order valence-electron chi connectivity index (χ3n) is 3.39. The summed E-state index contributed by atoms with van der Waals surface area (Å²) < 4.78 is 42.4. The van der Waals surface area contributed by atoms with E-state index in [0.29, 0.717) is 0 Å². The number of hydrogen-bond donors (Lipinski definition) is 1. The highest BCUT2D eigenvalue weighted by Gasteiger charge is 2.38. The molecule has 1 N–H and O–H groups in total. The number of benzene rings is 1. The van der Waals surface area contributed by atoms with Crippen molar-refractivity contribution in [2.75, 3.05) is 13.7 Å². The maximum Gasteiger partial charge on any atom is 0.416 e. The van der Waals surface area contributed by atoms with Crippen LogP contribution in [0, 0.1) is 11.3 Å². The number of nitriles is 1. The molecule has 2 rings (SSSR count). The summed E-state index contributed by atoms with van der Waals surface area (Å²) in [6.07, 6.45) is -1.89. The van der Waals surface area contributed by atoms with Crippen molar-refractivity contribution in [1.82, 2.24) is 10.1 Å². The Hall–Kier alpha value is -2.41. The van der Waals surface area contributed by atoms with Gasteiger partial charge >= 0.3 is 12.1 Å². The van der Waals surface area contributed by atoms with Gasteiger partial charge in [0.15, 0.2) is 6.20 Å². The second-order valence-electron chi connectivity index (χ2n) is 5.02. The summed E-state index contributed by atoms with van der Waals surface area (Å²) in [5, 5.41) is 13.0. The van der Waals surface area contributed by atoms with Crippen LogP contribution in [-0.4, -0.2) is 25.8 Å². The van der Waals surface area contributed by atoms with E-state index in [2.05, 4.69) is 15.3 Å². The van der Waals surface area contributed by atoms with Gasteiger partial charge in [-0.3, -0.25) is 4.79 Å². The van der Waals surface area contributed by atoms with Crippen LogP contribution in [0.4, 0.5) is 18.9 Å². The van der Waals surface area contributed by atoms with Crippen LogP contribution < -0.4 is 10.1 Å². The molecule has 0 aromatic heterocycles. The van der Waals surface area contributed by atoms with E-state index in [1.165, 1.54) is 25.6 Å². The predicted octanol–water partition coefficient (Wildman–Crippen LogP) is 3.14. The number of carbonyl (C=O) groups excluding carboxylic acids is 1. The third kappa shape index (κ3) is 4.17. The van der Waals surface area contributed by atoms with Gasteiger partial charge in [0.1, 0.15) is 22.9 Å². The lowest BCUT2D eigenvalue weighted by atomic mass is 10.2. The van der Waals surface area contributed by atoms with E-state index in [1.807, 2.05) is 6.07 Å². The van der Waals surface area contributed by atoms with Gasteiger partial charge in [0, 0.05) is 6.07 Å². The fraction of sp³-hybridized carbons (Fsp3) is 0.267. The smallest absolute Gasteiger partial charge is 0.416 e. The van der Waals surface area contributed by atoms with Gasteiger partial charge in [-0.15, -0.1) is 5.43 Å². The molecule has 1 aromatic rings. The topological polar surface area (TPSA) is 74.5 Å². The van der Waals surface area contributed by atoms with Crippen LogP contribution in [0.2, 0.25) is 5.02 Å². The Kier molecular flexibility index (Phi) is 5.47. The molecular formula is C15H13ClF3N4O2+. The molecule has 1 atom stereocenters. The third-order valence-corrected chi connectivity index (χ3v) is 3.69. The number of allylic oxidation sites excluding steroid dienone is 1. The van der Waals surface area contributed by atoms with E-state index in [0.717, 1.165) is 12.1 Å². The minimum absolute atomic E-state index is 0.000000630. The Morgan fingerprint density at radius 3 is 2.72 bits per heavy atom. The molecule has 0 bridgehead atoms. The first-order chi connectivity index (χ1) is 11.7. The van der Waals surface area contributed by atoms with Crippen LogP contribution in [0.15, 0.2) is 35.1 Å². The molecular weight excluding hydrogens is 361 g/mol. The number of rotatable bonds is 5. The molecule has 132 valence electrons. The molecule has 1 unspecified atom stereocenters. The summed E-state index contributed by atoms with van der Waals surface area (Å²) in [5.74, 6) is -0.475. The van der Waals surface area contributed by atoms with Gasteiger partial charge in [-0.05, 0) is 12.1 Å². The number of alkyl halides is 3. The predicted molar refractivity (Wildman–Crippen MR) is 85.1 cm³/mol. The number of methoxy groups -OCH3 is 1. The van der Waals surface area contributed by atoms with E-state index in [9.17, 15) is 18.0 Å². The summed E-state index contributed by atoms with van der Waals surface area (Å²) >= 11 is 6.03. The van der Waals surface area contributed by atoms with Crippen molar-refractivity contribution in [2.45, 2.75) is 12.6 Å². The van der Waals surface area contributed by atoms with Crippen LogP contribution in [0.3, 0.4) is 0 Å². The number of quaternary nitrogens is 1. The second-order valence-corrected chi connectivity index (χ2v) is 5.43. The number of carbonyl (C=O) groups is 1. The standard InChI is InChI=1S/C15H13ClF3N4O2/c1-25-14(24)4-5-21-23(9-10(7-20)8-22-23)13-3-2-11(6-12(13)16)15(17,18)19/h2-3,6,8-9,21H,4-5H2,1H3/q+1. The monoisotopic (exact) mass is 373 g/mol. The number of ether oxygens (including phenoxy) is 1. The number of halogens is 4. The zero-order chi connectivity index (χ0) is 18.7. The van der Waals surface area contributed by atoms with Crippen LogP contribution in [0.1, 0.15) is 12.0 Å². The number of esters is 1. The Morgan fingerprint density at radius 2 is 2.20 bits per heavy atom. The zero-order valence-corrected chi connectivity index (χ0v) is 13.7. The number of hydrogen-bond acceptors (Lipinski definition) is 5. The molecule has 25 heavy (non-hydrogen) atoms. The molecule has 0 amide bonds. The molecule has 0 spiro atoms. The Morgan fingerprint density at radius 1 is 1.48 bits per heavy atom. The van der Waals surface area contributed by atoms with E-state index < -0.39 is 22.4 Å². The summed E-state index contributed by atoms with van der Waals surface area (Å²) in [4.78, 5) is 11.2. The molecule has 10 heteroatoms. The first-order valence-electron chi connectivity index (χ1n) is 6.98. The lowest BCUT2D eigenvalue weighted by molar-refractivity contribution is -0.140. The van der Waals surface area contributed by atoms with E-state index >= 15 is 0 Å². The van der Waals surface area contributed by atoms with Gasteiger partial charge in [-0.25, -0.2) is 0 Å². The van der Waals surface area contributed by atoms with Gasteiger partial charge in [-0.1, -0.05) is 21.4 Å².